The Labute approximate surface area is 199 Å². The van der Waals surface area contributed by atoms with Gasteiger partial charge in [0, 0.05) is 30.8 Å². The largest absolute Gasteiger partial charge is 0.368 e. The maximum Gasteiger partial charge on any atom is 0.274 e. The minimum absolute atomic E-state index is 0.0962. The van der Waals surface area contributed by atoms with Gasteiger partial charge >= 0.3 is 0 Å². The molecule has 5 heterocycles. The van der Waals surface area contributed by atoms with Gasteiger partial charge in [-0.1, -0.05) is 0 Å². The summed E-state index contributed by atoms with van der Waals surface area (Å²) in [7, 11) is 0. The Balaban J connectivity index is 1.31. The molecule has 3 aromatic rings. The molecular weight excluding hydrogens is 459 g/mol. The van der Waals surface area contributed by atoms with E-state index >= 15 is 0 Å². The molecule has 0 radical (unpaired) electrons. The van der Waals surface area contributed by atoms with Gasteiger partial charge in [0.05, 0.1) is 28.5 Å². The quantitative estimate of drug-likeness (QED) is 0.554. The SMILES string of the molecule is Cc1cc2nc(N[C@@H](C)c3cncc(F)c3)nc(C(=O)N3CC(NC(=O)C4CCCO4)C3)c2s1. The van der Waals surface area contributed by atoms with Gasteiger partial charge in [0.2, 0.25) is 11.9 Å². The Morgan fingerprint density at radius 1 is 1.26 bits per heavy atom. The number of carbonyl (C=O) groups is 2. The van der Waals surface area contributed by atoms with Crippen molar-refractivity contribution in [3.63, 3.8) is 0 Å². The number of halogens is 1. The van der Waals surface area contributed by atoms with Crippen LogP contribution in [0, 0.1) is 12.7 Å². The van der Waals surface area contributed by atoms with Crippen molar-refractivity contribution in [2.45, 2.75) is 44.9 Å². The van der Waals surface area contributed by atoms with Gasteiger partial charge in [-0.3, -0.25) is 14.6 Å². The predicted octanol–water partition coefficient (Wildman–Crippen LogP) is 2.83. The number of carbonyl (C=O) groups excluding carboxylic acids is 2. The van der Waals surface area contributed by atoms with Crippen molar-refractivity contribution >= 4 is 39.3 Å². The number of pyridine rings is 1. The van der Waals surface area contributed by atoms with E-state index in [-0.39, 0.29) is 36.0 Å². The number of fused-ring (bicyclic) bond motifs is 1. The number of nitrogens with zero attached hydrogens (tertiary/aromatic N) is 4. The van der Waals surface area contributed by atoms with Crippen LogP contribution in [0.1, 0.15) is 46.7 Å². The van der Waals surface area contributed by atoms with Crippen LogP contribution in [0.15, 0.2) is 24.5 Å². The lowest BCUT2D eigenvalue weighted by Gasteiger charge is -2.39. The molecule has 0 spiro atoms. The number of anilines is 1. The van der Waals surface area contributed by atoms with Crippen LogP contribution < -0.4 is 10.6 Å². The maximum atomic E-state index is 13.6. The number of nitrogens with one attached hydrogen (secondary N) is 2. The van der Waals surface area contributed by atoms with Crippen LogP contribution in [-0.2, 0) is 9.53 Å². The van der Waals surface area contributed by atoms with Crippen LogP contribution in [0.2, 0.25) is 0 Å². The highest BCUT2D eigenvalue weighted by molar-refractivity contribution is 7.19. The van der Waals surface area contributed by atoms with Crippen molar-refractivity contribution < 1.29 is 18.7 Å². The summed E-state index contributed by atoms with van der Waals surface area (Å²) in [5, 5.41) is 6.12. The van der Waals surface area contributed by atoms with Crippen molar-refractivity contribution in [1.82, 2.24) is 25.2 Å². The molecule has 0 aromatic carbocycles. The zero-order valence-electron chi connectivity index (χ0n) is 18.9. The van der Waals surface area contributed by atoms with E-state index in [0.29, 0.717) is 36.5 Å². The van der Waals surface area contributed by atoms with Crippen LogP contribution >= 0.6 is 11.3 Å². The molecule has 2 aliphatic heterocycles. The molecule has 0 aliphatic carbocycles. The van der Waals surface area contributed by atoms with Gasteiger partial charge in [0.1, 0.15) is 11.9 Å². The molecule has 2 aliphatic rings. The number of thiophene rings is 1. The third kappa shape index (κ3) is 4.58. The molecule has 3 aromatic heterocycles. The minimum atomic E-state index is -0.425. The highest BCUT2D eigenvalue weighted by Gasteiger charge is 2.36. The Morgan fingerprint density at radius 3 is 2.82 bits per heavy atom. The summed E-state index contributed by atoms with van der Waals surface area (Å²) in [6, 6.07) is 2.90. The van der Waals surface area contributed by atoms with Crippen LogP contribution in [-0.4, -0.2) is 63.5 Å². The summed E-state index contributed by atoms with van der Waals surface area (Å²) in [6.45, 7) is 5.25. The first-order chi connectivity index (χ1) is 16.4. The average Bonchev–Trinajstić information content (AvgIpc) is 3.44. The fourth-order valence-electron chi connectivity index (χ4n) is 4.16. The molecule has 0 bridgehead atoms. The fraction of sp³-hybridized carbons (Fsp3) is 0.435. The van der Waals surface area contributed by atoms with Crippen molar-refractivity contribution in [1.29, 1.82) is 0 Å². The number of likely N-dealkylation sites (tertiary alicyclic amines) is 1. The van der Waals surface area contributed by atoms with E-state index in [0.717, 1.165) is 28.6 Å². The lowest BCUT2D eigenvalue weighted by molar-refractivity contribution is -0.131. The molecule has 34 heavy (non-hydrogen) atoms. The number of hydrogen-bond acceptors (Lipinski definition) is 8. The fourth-order valence-corrected chi connectivity index (χ4v) is 5.10. The number of amides is 2. The zero-order chi connectivity index (χ0) is 23.8. The predicted molar refractivity (Wildman–Crippen MR) is 125 cm³/mol. The lowest BCUT2D eigenvalue weighted by atomic mass is 10.1. The molecule has 5 rings (SSSR count). The first kappa shape index (κ1) is 22.6. The summed E-state index contributed by atoms with van der Waals surface area (Å²) < 4.78 is 19.7. The lowest BCUT2D eigenvalue weighted by Crippen LogP contribution is -2.62. The topological polar surface area (TPSA) is 109 Å². The van der Waals surface area contributed by atoms with Crippen LogP contribution in [0.3, 0.4) is 0 Å². The number of ether oxygens (including phenoxy) is 1. The van der Waals surface area contributed by atoms with E-state index < -0.39 is 5.82 Å². The molecule has 2 saturated heterocycles. The van der Waals surface area contributed by atoms with E-state index in [4.69, 9.17) is 4.74 Å². The van der Waals surface area contributed by atoms with E-state index in [1.807, 2.05) is 19.9 Å². The summed E-state index contributed by atoms with van der Waals surface area (Å²) >= 11 is 1.47. The molecule has 1 unspecified atom stereocenters. The highest BCUT2D eigenvalue weighted by Crippen LogP contribution is 2.30. The molecule has 9 nitrogen and oxygen atoms in total. The van der Waals surface area contributed by atoms with Gasteiger partial charge in [-0.15, -0.1) is 11.3 Å². The smallest absolute Gasteiger partial charge is 0.274 e. The number of aryl methyl sites for hydroxylation is 1. The van der Waals surface area contributed by atoms with Gasteiger partial charge in [-0.05, 0) is 44.4 Å². The van der Waals surface area contributed by atoms with E-state index in [2.05, 4.69) is 25.6 Å². The van der Waals surface area contributed by atoms with E-state index in [9.17, 15) is 14.0 Å². The molecule has 2 amide bonds. The molecule has 0 saturated carbocycles. The molecule has 178 valence electrons. The van der Waals surface area contributed by atoms with Crippen LogP contribution in [0.5, 0.6) is 0 Å². The van der Waals surface area contributed by atoms with Crippen molar-refractivity contribution in [2.24, 2.45) is 0 Å². The summed E-state index contributed by atoms with van der Waals surface area (Å²) in [5.41, 5.74) is 1.64. The van der Waals surface area contributed by atoms with Gasteiger partial charge in [-0.2, -0.15) is 0 Å². The Kier molecular flexibility index (Phi) is 6.13. The Hall–Kier alpha value is -3.18. The number of rotatable bonds is 6. The minimum Gasteiger partial charge on any atom is -0.368 e. The van der Waals surface area contributed by atoms with Crippen LogP contribution in [0.4, 0.5) is 10.3 Å². The van der Waals surface area contributed by atoms with Gasteiger partial charge in [0.15, 0.2) is 5.69 Å². The normalized spacial score (nSPS) is 19.1. The second-order valence-corrected chi connectivity index (χ2v) is 9.94. The Bertz CT molecular complexity index is 1240. The van der Waals surface area contributed by atoms with Crippen molar-refractivity contribution in [3.05, 3.63) is 46.5 Å². The molecular formula is C23H25FN6O3S. The van der Waals surface area contributed by atoms with Crippen molar-refractivity contribution in [2.75, 3.05) is 25.0 Å². The second-order valence-electron chi connectivity index (χ2n) is 8.69. The van der Waals surface area contributed by atoms with Crippen LogP contribution in [0.25, 0.3) is 10.2 Å². The third-order valence-electron chi connectivity index (χ3n) is 6.01. The summed E-state index contributed by atoms with van der Waals surface area (Å²) in [4.78, 5) is 41.2. The average molecular weight is 485 g/mol. The standard InChI is InChI=1S/C23H25FN6O3S/c1-12-6-17-20(34-12)19(29-23(28-17)26-13(2)14-7-15(24)9-25-8-14)22(32)30-10-16(11-30)27-21(31)18-4-3-5-33-18/h6-9,13,16,18H,3-5,10-11H2,1-2H3,(H,27,31)(H,26,28,29)/t13-,18?/m0/s1. The Morgan fingerprint density at radius 2 is 2.09 bits per heavy atom. The molecule has 11 heteroatoms. The first-order valence-electron chi connectivity index (χ1n) is 11.2. The van der Waals surface area contributed by atoms with Crippen molar-refractivity contribution in [3.8, 4) is 0 Å². The van der Waals surface area contributed by atoms with E-state index in [1.54, 1.807) is 11.1 Å². The first-order valence-corrected chi connectivity index (χ1v) is 12.1. The van der Waals surface area contributed by atoms with Gasteiger partial charge in [-0.25, -0.2) is 14.4 Å². The highest BCUT2D eigenvalue weighted by atomic mass is 32.1. The second kappa shape index (κ2) is 9.22. The summed E-state index contributed by atoms with van der Waals surface area (Å²) in [6.07, 6.45) is 3.96. The zero-order valence-corrected chi connectivity index (χ0v) is 19.7. The third-order valence-corrected chi connectivity index (χ3v) is 7.05. The number of aromatic nitrogens is 3. The van der Waals surface area contributed by atoms with E-state index in [1.165, 1.54) is 17.4 Å². The van der Waals surface area contributed by atoms with Gasteiger partial charge in [0.25, 0.3) is 5.91 Å². The molecule has 2 fully saturated rings. The number of hydrogen-bond donors (Lipinski definition) is 2. The van der Waals surface area contributed by atoms with Gasteiger partial charge < -0.3 is 20.3 Å². The summed E-state index contributed by atoms with van der Waals surface area (Å²) in [5.74, 6) is -0.458. The molecule has 2 N–H and O–H groups in total. The molecule has 2 atom stereocenters. The maximum absolute atomic E-state index is 13.6. The monoisotopic (exact) mass is 484 g/mol.